The quantitative estimate of drug-likeness (QED) is 0.899. The highest BCUT2D eigenvalue weighted by Crippen LogP contribution is 2.49. The van der Waals surface area contributed by atoms with Crippen LogP contribution in [0.4, 0.5) is 4.39 Å². The van der Waals surface area contributed by atoms with Crippen LogP contribution in [0.3, 0.4) is 0 Å². The molecular formula is C19H22FNO. The van der Waals surface area contributed by atoms with Crippen molar-refractivity contribution in [3.05, 3.63) is 58.4 Å². The molecule has 1 aromatic rings. The molecule has 0 saturated carbocycles. The van der Waals surface area contributed by atoms with Gasteiger partial charge >= 0.3 is 0 Å². The summed E-state index contributed by atoms with van der Waals surface area (Å²) in [7, 11) is 1.96. The van der Waals surface area contributed by atoms with Crippen molar-refractivity contribution < 1.29 is 9.13 Å². The maximum atomic E-state index is 13.8. The van der Waals surface area contributed by atoms with Crippen molar-refractivity contribution in [3.63, 3.8) is 0 Å². The van der Waals surface area contributed by atoms with E-state index in [0.29, 0.717) is 5.92 Å². The molecule has 2 aliphatic carbocycles. The molecule has 3 aliphatic rings. The van der Waals surface area contributed by atoms with E-state index in [9.17, 15) is 4.39 Å². The van der Waals surface area contributed by atoms with Crippen LogP contribution in [0.5, 0.6) is 0 Å². The van der Waals surface area contributed by atoms with Gasteiger partial charge in [-0.3, -0.25) is 0 Å². The largest absolute Gasteiger partial charge is 0.368 e. The van der Waals surface area contributed by atoms with Gasteiger partial charge in [-0.05, 0) is 61.6 Å². The third-order valence-corrected chi connectivity index (χ3v) is 5.21. The number of ether oxygens (including phenoxy) is 1. The molecule has 2 nitrogen and oxygen atoms in total. The Morgan fingerprint density at radius 1 is 1.36 bits per heavy atom. The summed E-state index contributed by atoms with van der Waals surface area (Å²) in [6.07, 6.45) is 8.96. The molecule has 116 valence electrons. The van der Waals surface area contributed by atoms with Gasteiger partial charge in [0.2, 0.25) is 0 Å². The number of allylic oxidation sites excluding steroid dienone is 3. The second kappa shape index (κ2) is 5.64. The molecule has 1 heterocycles. The summed E-state index contributed by atoms with van der Waals surface area (Å²) in [5.41, 5.74) is 5.26. The van der Waals surface area contributed by atoms with Gasteiger partial charge in [-0.15, -0.1) is 0 Å². The van der Waals surface area contributed by atoms with Crippen LogP contribution in [-0.2, 0) is 11.2 Å². The molecule has 0 unspecified atom stereocenters. The van der Waals surface area contributed by atoms with Gasteiger partial charge in [-0.2, -0.15) is 0 Å². The van der Waals surface area contributed by atoms with E-state index in [1.165, 1.54) is 11.1 Å². The van der Waals surface area contributed by atoms with Crippen molar-refractivity contribution in [1.29, 1.82) is 0 Å². The minimum absolute atomic E-state index is 0.0167. The molecule has 0 bridgehead atoms. The molecule has 1 fully saturated rings. The molecule has 0 aromatic heterocycles. The van der Waals surface area contributed by atoms with E-state index in [0.717, 1.165) is 37.8 Å². The minimum Gasteiger partial charge on any atom is -0.368 e. The first-order valence-electron chi connectivity index (χ1n) is 8.23. The lowest BCUT2D eigenvalue weighted by molar-refractivity contribution is 0.0379. The Labute approximate surface area is 131 Å². The van der Waals surface area contributed by atoms with Gasteiger partial charge in [0.05, 0.1) is 12.2 Å². The fourth-order valence-corrected chi connectivity index (χ4v) is 4.26. The van der Waals surface area contributed by atoms with Crippen molar-refractivity contribution in [3.8, 4) is 0 Å². The van der Waals surface area contributed by atoms with Crippen LogP contribution in [0.25, 0.3) is 0 Å². The van der Waals surface area contributed by atoms with Crippen LogP contribution < -0.4 is 5.32 Å². The van der Waals surface area contributed by atoms with Gasteiger partial charge in [0.15, 0.2) is 0 Å². The van der Waals surface area contributed by atoms with Gasteiger partial charge in [0.25, 0.3) is 0 Å². The zero-order chi connectivity index (χ0) is 15.1. The lowest BCUT2D eigenvalue weighted by atomic mass is 9.82. The smallest absolute Gasteiger partial charge is 0.123 e. The summed E-state index contributed by atoms with van der Waals surface area (Å²) < 4.78 is 20.1. The number of nitrogens with one attached hydrogen (secondary N) is 1. The van der Waals surface area contributed by atoms with E-state index < -0.39 is 0 Å². The number of rotatable bonds is 2. The van der Waals surface area contributed by atoms with Crippen LogP contribution in [0.1, 0.15) is 36.5 Å². The maximum Gasteiger partial charge on any atom is 0.123 e. The molecule has 4 rings (SSSR count). The number of likely N-dealkylation sites (N-methyl/N-ethyl adjacent to an activating group) is 1. The van der Waals surface area contributed by atoms with Gasteiger partial charge in [0.1, 0.15) is 5.82 Å². The highest BCUT2D eigenvalue weighted by atomic mass is 19.1. The average molecular weight is 299 g/mol. The zero-order valence-electron chi connectivity index (χ0n) is 12.9. The van der Waals surface area contributed by atoms with Crippen molar-refractivity contribution in [2.45, 2.75) is 37.9 Å². The summed E-state index contributed by atoms with van der Waals surface area (Å²) in [5, 5.41) is 3.21. The zero-order valence-corrected chi connectivity index (χ0v) is 12.9. The summed E-state index contributed by atoms with van der Waals surface area (Å²) >= 11 is 0. The first-order valence-corrected chi connectivity index (χ1v) is 8.23. The van der Waals surface area contributed by atoms with E-state index in [4.69, 9.17) is 4.74 Å². The molecule has 1 aromatic carbocycles. The van der Waals surface area contributed by atoms with E-state index in [1.54, 1.807) is 17.7 Å². The molecule has 1 aliphatic heterocycles. The molecule has 0 radical (unpaired) electrons. The van der Waals surface area contributed by atoms with Crippen LogP contribution >= 0.6 is 0 Å². The van der Waals surface area contributed by atoms with Crippen LogP contribution in [-0.4, -0.2) is 19.7 Å². The minimum atomic E-state index is -0.159. The summed E-state index contributed by atoms with van der Waals surface area (Å²) in [4.78, 5) is 0. The highest BCUT2D eigenvalue weighted by Gasteiger charge is 2.41. The Morgan fingerprint density at radius 3 is 3.14 bits per heavy atom. The van der Waals surface area contributed by atoms with Crippen LogP contribution in [0.2, 0.25) is 0 Å². The topological polar surface area (TPSA) is 21.3 Å². The van der Waals surface area contributed by atoms with Crippen LogP contribution in [0.15, 0.2) is 41.5 Å². The van der Waals surface area contributed by atoms with E-state index in [-0.39, 0.29) is 18.0 Å². The SMILES string of the molecule is CNC[C@@H]1C[C@H]2C3=C(C=CCC3)Cc3ccc(F)cc3[C@@H]2O1. The number of hydrogen-bond donors (Lipinski definition) is 1. The lowest BCUT2D eigenvalue weighted by Gasteiger charge is -2.23. The van der Waals surface area contributed by atoms with Crippen LogP contribution in [0, 0.1) is 11.7 Å². The average Bonchev–Trinajstić information content (AvgIpc) is 2.89. The maximum absolute atomic E-state index is 13.8. The number of hydrogen-bond acceptors (Lipinski definition) is 2. The summed E-state index contributed by atoms with van der Waals surface area (Å²) in [5.74, 6) is 0.245. The molecule has 3 heteroatoms. The number of benzene rings is 1. The normalized spacial score (nSPS) is 29.8. The van der Waals surface area contributed by atoms with Crippen molar-refractivity contribution in [2.24, 2.45) is 5.92 Å². The Kier molecular flexibility index (Phi) is 3.63. The molecular weight excluding hydrogens is 277 g/mol. The number of halogens is 1. The predicted molar refractivity (Wildman–Crippen MR) is 85.2 cm³/mol. The fourth-order valence-electron chi connectivity index (χ4n) is 4.26. The third-order valence-electron chi connectivity index (χ3n) is 5.21. The molecule has 0 amide bonds. The van der Waals surface area contributed by atoms with E-state index in [2.05, 4.69) is 17.5 Å². The van der Waals surface area contributed by atoms with Gasteiger partial charge in [-0.25, -0.2) is 4.39 Å². The molecule has 1 N–H and O–H groups in total. The Bertz CT molecular complexity index is 649. The molecule has 22 heavy (non-hydrogen) atoms. The summed E-state index contributed by atoms with van der Waals surface area (Å²) in [6.45, 7) is 0.857. The fraction of sp³-hybridized carbons (Fsp3) is 0.474. The first-order chi connectivity index (χ1) is 10.8. The number of fused-ring (bicyclic) bond motifs is 4. The van der Waals surface area contributed by atoms with E-state index in [1.807, 2.05) is 13.1 Å². The second-order valence-electron chi connectivity index (χ2n) is 6.59. The molecule has 3 atom stereocenters. The van der Waals surface area contributed by atoms with Crippen molar-refractivity contribution >= 4 is 0 Å². The Balaban J connectivity index is 1.80. The predicted octanol–water partition coefficient (Wildman–Crippen LogP) is 3.69. The monoisotopic (exact) mass is 299 g/mol. The third kappa shape index (κ3) is 2.33. The standard InChI is InChI=1S/C19H22FNO/c1-21-11-15-10-18-16-5-3-2-4-12(16)8-13-6-7-14(20)9-17(13)19(18)22-15/h2,4,6-7,9,15,18-19,21H,3,5,8,10-11H2,1H3/t15-,18-,19-/m0/s1. The Hall–Kier alpha value is -1.45. The van der Waals surface area contributed by atoms with Gasteiger partial charge in [-0.1, -0.05) is 23.8 Å². The first kappa shape index (κ1) is 14.2. The van der Waals surface area contributed by atoms with Crippen molar-refractivity contribution in [2.75, 3.05) is 13.6 Å². The van der Waals surface area contributed by atoms with Crippen molar-refractivity contribution in [1.82, 2.24) is 5.32 Å². The highest BCUT2D eigenvalue weighted by molar-refractivity contribution is 5.45. The van der Waals surface area contributed by atoms with Gasteiger partial charge in [0, 0.05) is 12.5 Å². The lowest BCUT2D eigenvalue weighted by Crippen LogP contribution is -2.23. The Morgan fingerprint density at radius 2 is 2.27 bits per heavy atom. The summed E-state index contributed by atoms with van der Waals surface area (Å²) in [6, 6.07) is 5.21. The van der Waals surface area contributed by atoms with E-state index >= 15 is 0 Å². The second-order valence-corrected chi connectivity index (χ2v) is 6.59. The van der Waals surface area contributed by atoms with Gasteiger partial charge < -0.3 is 10.1 Å². The molecule has 0 spiro atoms. The molecule has 1 saturated heterocycles.